The molecule has 0 saturated carbocycles. The molecule has 1 aromatic rings. The molecule has 124 valence electrons. The maximum Gasteiger partial charge on any atom is 0.325 e. The maximum atomic E-state index is 12.0. The van der Waals surface area contributed by atoms with Crippen molar-refractivity contribution in [3.63, 3.8) is 0 Å². The summed E-state index contributed by atoms with van der Waals surface area (Å²) in [4.78, 5) is 35.7. The summed E-state index contributed by atoms with van der Waals surface area (Å²) in [5.74, 6) is 0.163. The van der Waals surface area contributed by atoms with Crippen molar-refractivity contribution in [2.24, 2.45) is 0 Å². The van der Waals surface area contributed by atoms with Crippen LogP contribution < -0.4 is 24.8 Å². The molecule has 1 aliphatic rings. The van der Waals surface area contributed by atoms with E-state index in [-0.39, 0.29) is 13.1 Å². The van der Waals surface area contributed by atoms with Gasteiger partial charge in [-0.3, -0.25) is 14.5 Å². The molecule has 0 spiro atoms. The van der Waals surface area contributed by atoms with Gasteiger partial charge in [-0.1, -0.05) is 0 Å². The lowest BCUT2D eigenvalue weighted by Crippen LogP contribution is -2.38. The van der Waals surface area contributed by atoms with Gasteiger partial charge >= 0.3 is 6.03 Å². The van der Waals surface area contributed by atoms with Gasteiger partial charge in [0.1, 0.15) is 6.54 Å². The molecule has 0 aliphatic carbocycles. The smallest absolute Gasteiger partial charge is 0.325 e. The molecule has 9 nitrogen and oxygen atoms in total. The second kappa shape index (κ2) is 6.86. The van der Waals surface area contributed by atoms with E-state index in [4.69, 9.17) is 14.2 Å². The fraction of sp³-hybridized carbons (Fsp3) is 0.357. The topological polar surface area (TPSA) is 106 Å². The highest BCUT2D eigenvalue weighted by Gasteiger charge is 2.30. The number of nitrogens with zero attached hydrogens (tertiary/aromatic N) is 1. The largest absolute Gasteiger partial charge is 0.493 e. The van der Waals surface area contributed by atoms with Gasteiger partial charge in [0, 0.05) is 17.8 Å². The van der Waals surface area contributed by atoms with Crippen LogP contribution in [0.15, 0.2) is 12.1 Å². The van der Waals surface area contributed by atoms with Gasteiger partial charge in [-0.05, 0) is 0 Å². The minimum absolute atomic E-state index is 0.101. The normalized spacial score (nSPS) is 13.6. The Morgan fingerprint density at radius 3 is 2.22 bits per heavy atom. The molecule has 0 bridgehead atoms. The number of imide groups is 1. The molecule has 2 N–H and O–H groups in total. The molecule has 1 aliphatic heterocycles. The number of anilines is 1. The van der Waals surface area contributed by atoms with Gasteiger partial charge in [-0.15, -0.1) is 0 Å². The summed E-state index contributed by atoms with van der Waals surface area (Å²) >= 11 is 0. The number of ether oxygens (including phenoxy) is 3. The van der Waals surface area contributed by atoms with Gasteiger partial charge in [-0.25, -0.2) is 4.79 Å². The average Bonchev–Trinajstić information content (AvgIpc) is 2.85. The molecule has 1 aromatic carbocycles. The Kier molecular flexibility index (Phi) is 4.89. The van der Waals surface area contributed by atoms with Crippen molar-refractivity contribution in [3.8, 4) is 17.2 Å². The number of carbonyl (C=O) groups is 3. The SMILES string of the molecule is COc1cc(NC(=O)CN2C(=O)CNC2=O)cc(OC)c1OC. The Balaban J connectivity index is 2.14. The number of urea groups is 1. The van der Waals surface area contributed by atoms with E-state index in [9.17, 15) is 14.4 Å². The first-order valence-corrected chi connectivity index (χ1v) is 6.68. The third-order valence-electron chi connectivity index (χ3n) is 3.19. The van der Waals surface area contributed by atoms with Gasteiger partial charge in [0.05, 0.1) is 27.9 Å². The van der Waals surface area contributed by atoms with Crippen molar-refractivity contribution in [1.29, 1.82) is 0 Å². The zero-order valence-corrected chi connectivity index (χ0v) is 13.0. The molecule has 9 heteroatoms. The first-order valence-electron chi connectivity index (χ1n) is 6.68. The van der Waals surface area contributed by atoms with Gasteiger partial charge in [0.25, 0.3) is 5.91 Å². The first-order chi connectivity index (χ1) is 11.0. The molecule has 2 rings (SSSR count). The van der Waals surface area contributed by atoms with Crippen molar-refractivity contribution in [3.05, 3.63) is 12.1 Å². The van der Waals surface area contributed by atoms with Crippen LogP contribution in [0.5, 0.6) is 17.2 Å². The molecule has 0 radical (unpaired) electrons. The van der Waals surface area contributed by atoms with Crippen LogP contribution in [0.3, 0.4) is 0 Å². The molecule has 1 heterocycles. The number of carbonyl (C=O) groups excluding carboxylic acids is 3. The number of benzene rings is 1. The van der Waals surface area contributed by atoms with Crippen LogP contribution in [0.2, 0.25) is 0 Å². The van der Waals surface area contributed by atoms with Gasteiger partial charge in [0.2, 0.25) is 11.7 Å². The summed E-state index contributed by atoms with van der Waals surface area (Å²) < 4.78 is 15.6. The Morgan fingerprint density at radius 1 is 1.17 bits per heavy atom. The van der Waals surface area contributed by atoms with E-state index in [0.29, 0.717) is 22.9 Å². The third kappa shape index (κ3) is 3.44. The maximum absolute atomic E-state index is 12.0. The summed E-state index contributed by atoms with van der Waals surface area (Å²) in [6.07, 6.45) is 0. The molecule has 1 fully saturated rings. The van der Waals surface area contributed by atoms with E-state index < -0.39 is 17.8 Å². The lowest BCUT2D eigenvalue weighted by molar-refractivity contribution is -0.128. The average molecular weight is 323 g/mol. The second-order valence-electron chi connectivity index (χ2n) is 4.60. The van der Waals surface area contributed by atoms with Crippen LogP contribution in [-0.4, -0.2) is 57.2 Å². The number of rotatable bonds is 6. The second-order valence-corrected chi connectivity index (χ2v) is 4.60. The summed E-state index contributed by atoms with van der Waals surface area (Å²) in [7, 11) is 4.38. The highest BCUT2D eigenvalue weighted by atomic mass is 16.5. The van der Waals surface area contributed by atoms with E-state index in [0.717, 1.165) is 4.90 Å². The van der Waals surface area contributed by atoms with Crippen LogP contribution in [0.1, 0.15) is 0 Å². The third-order valence-corrected chi connectivity index (χ3v) is 3.19. The predicted molar refractivity (Wildman–Crippen MR) is 79.8 cm³/mol. The van der Waals surface area contributed by atoms with Crippen LogP contribution in [-0.2, 0) is 9.59 Å². The number of hydrogen-bond donors (Lipinski definition) is 2. The Labute approximate surface area is 132 Å². The van der Waals surface area contributed by atoms with Crippen molar-refractivity contribution in [2.45, 2.75) is 0 Å². The Morgan fingerprint density at radius 2 is 1.78 bits per heavy atom. The van der Waals surface area contributed by atoms with Crippen LogP contribution in [0, 0.1) is 0 Å². The molecular weight excluding hydrogens is 306 g/mol. The summed E-state index contributed by atoms with van der Waals surface area (Å²) in [6, 6.07) is 2.51. The Hall–Kier alpha value is -2.97. The fourth-order valence-electron chi connectivity index (χ4n) is 2.11. The standard InChI is InChI=1S/C14H17N3O6/c1-21-9-4-8(5-10(22-2)13(9)23-3)16-11(18)7-17-12(19)6-15-14(17)20/h4-5H,6-7H2,1-3H3,(H,15,20)(H,16,18). The van der Waals surface area contributed by atoms with Crippen molar-refractivity contribution < 1.29 is 28.6 Å². The van der Waals surface area contributed by atoms with E-state index in [1.54, 1.807) is 12.1 Å². The van der Waals surface area contributed by atoms with Gasteiger partial charge < -0.3 is 24.8 Å². The lowest BCUT2D eigenvalue weighted by Gasteiger charge is -2.16. The number of nitrogens with one attached hydrogen (secondary N) is 2. The minimum Gasteiger partial charge on any atom is -0.493 e. The van der Waals surface area contributed by atoms with Gasteiger partial charge in [-0.2, -0.15) is 0 Å². The summed E-state index contributed by atoms with van der Waals surface area (Å²) in [6.45, 7) is -0.475. The van der Waals surface area contributed by atoms with E-state index in [2.05, 4.69) is 10.6 Å². The molecule has 0 aromatic heterocycles. The van der Waals surface area contributed by atoms with Crippen molar-refractivity contribution in [1.82, 2.24) is 10.2 Å². The van der Waals surface area contributed by atoms with Crippen molar-refractivity contribution >= 4 is 23.5 Å². The van der Waals surface area contributed by atoms with Crippen molar-refractivity contribution in [2.75, 3.05) is 39.7 Å². The van der Waals surface area contributed by atoms with E-state index >= 15 is 0 Å². The zero-order valence-electron chi connectivity index (χ0n) is 13.0. The fourth-order valence-corrected chi connectivity index (χ4v) is 2.11. The van der Waals surface area contributed by atoms with Crippen LogP contribution in [0.25, 0.3) is 0 Å². The minimum atomic E-state index is -0.588. The lowest BCUT2D eigenvalue weighted by atomic mass is 10.2. The molecule has 1 saturated heterocycles. The number of methoxy groups -OCH3 is 3. The predicted octanol–water partition coefficient (Wildman–Crippen LogP) is 0.203. The number of amides is 4. The highest BCUT2D eigenvalue weighted by molar-refractivity contribution is 6.06. The van der Waals surface area contributed by atoms with Crippen LogP contribution >= 0.6 is 0 Å². The first kappa shape index (κ1) is 16.4. The Bertz CT molecular complexity index is 604. The van der Waals surface area contributed by atoms with E-state index in [1.165, 1.54) is 21.3 Å². The summed E-state index contributed by atoms with van der Waals surface area (Å²) in [5.41, 5.74) is 0.386. The molecule has 0 atom stereocenters. The number of hydrogen-bond acceptors (Lipinski definition) is 6. The quantitative estimate of drug-likeness (QED) is 0.725. The molecule has 0 unspecified atom stereocenters. The highest BCUT2D eigenvalue weighted by Crippen LogP contribution is 2.39. The summed E-state index contributed by atoms with van der Waals surface area (Å²) in [5, 5.41) is 4.92. The molecule has 4 amide bonds. The zero-order chi connectivity index (χ0) is 17.0. The monoisotopic (exact) mass is 323 g/mol. The molecule has 23 heavy (non-hydrogen) atoms. The van der Waals surface area contributed by atoms with E-state index in [1.807, 2.05) is 0 Å². The molecular formula is C14H17N3O6. The van der Waals surface area contributed by atoms with Crippen LogP contribution in [0.4, 0.5) is 10.5 Å². The van der Waals surface area contributed by atoms with Gasteiger partial charge in [0.15, 0.2) is 11.5 Å².